The Bertz CT molecular complexity index is 1040. The van der Waals surface area contributed by atoms with Crippen molar-refractivity contribution in [3.05, 3.63) is 48.3 Å². The molecule has 8 heteroatoms. The number of benzene rings is 2. The molecule has 2 heterocycles. The Morgan fingerprint density at radius 3 is 2.71 bits per heavy atom. The van der Waals surface area contributed by atoms with E-state index in [9.17, 15) is 9.59 Å². The zero-order chi connectivity index (χ0) is 19.5. The summed E-state index contributed by atoms with van der Waals surface area (Å²) < 4.78 is 12.8. The number of nitrogens with one attached hydrogen (secondary N) is 2. The number of fused-ring (bicyclic) bond motifs is 2. The second kappa shape index (κ2) is 7.59. The van der Waals surface area contributed by atoms with Crippen molar-refractivity contribution in [2.75, 3.05) is 18.5 Å². The van der Waals surface area contributed by atoms with E-state index in [0.29, 0.717) is 36.2 Å². The van der Waals surface area contributed by atoms with Crippen LogP contribution in [0.25, 0.3) is 11.0 Å². The van der Waals surface area contributed by atoms with Gasteiger partial charge in [0.1, 0.15) is 25.6 Å². The lowest BCUT2D eigenvalue weighted by Gasteiger charge is -2.19. The average Bonchev–Trinajstić information content (AvgIpc) is 3.04. The van der Waals surface area contributed by atoms with Crippen molar-refractivity contribution in [1.29, 1.82) is 0 Å². The third kappa shape index (κ3) is 3.75. The maximum atomic E-state index is 12.7. The van der Waals surface area contributed by atoms with Crippen LogP contribution in [0, 0.1) is 0 Å². The minimum Gasteiger partial charge on any atom is -0.486 e. The molecular weight excluding hydrogens is 360 g/mol. The van der Waals surface area contributed by atoms with E-state index in [1.54, 1.807) is 22.8 Å². The Balaban J connectivity index is 1.54. The molecule has 3 aromatic rings. The van der Waals surface area contributed by atoms with Crippen LogP contribution in [0.15, 0.2) is 42.5 Å². The van der Waals surface area contributed by atoms with Crippen LogP contribution in [-0.4, -0.2) is 34.6 Å². The number of nitrogens with zero attached hydrogens (tertiary/aromatic N) is 2. The van der Waals surface area contributed by atoms with E-state index >= 15 is 0 Å². The predicted molar refractivity (Wildman–Crippen MR) is 103 cm³/mol. The molecule has 1 aromatic heterocycles. The molecule has 0 saturated carbocycles. The summed E-state index contributed by atoms with van der Waals surface area (Å²) in [6.07, 6.45) is 0. The zero-order valence-corrected chi connectivity index (χ0v) is 15.4. The molecule has 1 aliphatic heterocycles. The number of aromatic nitrogens is 2. The first-order valence-electron chi connectivity index (χ1n) is 8.98. The smallest absolute Gasteiger partial charge is 0.244 e. The highest BCUT2D eigenvalue weighted by molar-refractivity contribution is 5.92. The van der Waals surface area contributed by atoms with E-state index in [0.717, 1.165) is 11.0 Å². The first-order valence-corrected chi connectivity index (χ1v) is 8.98. The van der Waals surface area contributed by atoms with Gasteiger partial charge in [0.2, 0.25) is 11.8 Å². The average molecular weight is 380 g/mol. The van der Waals surface area contributed by atoms with E-state index in [4.69, 9.17) is 9.47 Å². The fraction of sp³-hybridized carbons (Fsp3) is 0.250. The van der Waals surface area contributed by atoms with Crippen molar-refractivity contribution in [1.82, 2.24) is 14.9 Å². The van der Waals surface area contributed by atoms with Gasteiger partial charge in [-0.05, 0) is 24.3 Å². The van der Waals surface area contributed by atoms with Crippen LogP contribution >= 0.6 is 0 Å². The quantitative estimate of drug-likeness (QED) is 0.707. The lowest BCUT2D eigenvalue weighted by atomic mass is 10.2. The number of rotatable bonds is 5. The highest BCUT2D eigenvalue weighted by Gasteiger charge is 2.16. The van der Waals surface area contributed by atoms with Gasteiger partial charge in [-0.1, -0.05) is 12.1 Å². The number of carbonyl (C=O) groups excluding carboxylic acids is 2. The molecule has 0 aliphatic carbocycles. The fourth-order valence-corrected chi connectivity index (χ4v) is 3.11. The van der Waals surface area contributed by atoms with E-state index in [2.05, 4.69) is 15.6 Å². The van der Waals surface area contributed by atoms with Crippen LogP contribution in [0.3, 0.4) is 0 Å². The number of anilines is 1. The Morgan fingerprint density at radius 1 is 1.11 bits per heavy atom. The molecule has 2 N–H and O–H groups in total. The number of amides is 2. The lowest BCUT2D eigenvalue weighted by Crippen LogP contribution is -2.25. The van der Waals surface area contributed by atoms with E-state index < -0.39 is 0 Å². The number of carbonyl (C=O) groups is 2. The van der Waals surface area contributed by atoms with Crippen molar-refractivity contribution in [2.24, 2.45) is 0 Å². The van der Waals surface area contributed by atoms with Crippen LogP contribution in [0.1, 0.15) is 12.7 Å². The molecule has 144 valence electrons. The number of para-hydroxylation sites is 2. The standard InChI is InChI=1S/C20H20N4O4/c1-13(25)21-11-19-23-15-4-2-3-5-16(15)24(19)12-20(26)22-14-6-7-17-18(10-14)28-9-8-27-17/h2-7,10H,8-9,11-12H2,1H3,(H,21,25)(H,22,26). The summed E-state index contributed by atoms with van der Waals surface area (Å²) in [6, 6.07) is 12.8. The second-order valence-electron chi connectivity index (χ2n) is 6.42. The van der Waals surface area contributed by atoms with Gasteiger partial charge in [-0.15, -0.1) is 0 Å². The second-order valence-corrected chi connectivity index (χ2v) is 6.42. The van der Waals surface area contributed by atoms with Gasteiger partial charge in [0, 0.05) is 18.7 Å². The summed E-state index contributed by atoms with van der Waals surface area (Å²) in [5, 5.41) is 5.61. The number of hydrogen-bond acceptors (Lipinski definition) is 5. The van der Waals surface area contributed by atoms with Crippen LogP contribution in [0.2, 0.25) is 0 Å². The normalized spacial score (nSPS) is 12.6. The minimum absolute atomic E-state index is 0.0733. The topological polar surface area (TPSA) is 94.5 Å². The molecule has 0 spiro atoms. The largest absolute Gasteiger partial charge is 0.486 e. The predicted octanol–water partition coefficient (Wildman–Crippen LogP) is 2.08. The fourth-order valence-electron chi connectivity index (χ4n) is 3.11. The number of ether oxygens (including phenoxy) is 2. The summed E-state index contributed by atoms with van der Waals surface area (Å²) >= 11 is 0. The zero-order valence-electron chi connectivity index (χ0n) is 15.4. The Kier molecular flexibility index (Phi) is 4.84. The van der Waals surface area contributed by atoms with Gasteiger partial charge in [0.05, 0.1) is 17.6 Å². The van der Waals surface area contributed by atoms with Gasteiger partial charge >= 0.3 is 0 Å². The van der Waals surface area contributed by atoms with Gasteiger partial charge < -0.3 is 24.7 Å². The Hall–Kier alpha value is -3.55. The van der Waals surface area contributed by atoms with Crippen molar-refractivity contribution in [3.63, 3.8) is 0 Å². The molecule has 0 saturated heterocycles. The molecule has 4 rings (SSSR count). The summed E-state index contributed by atoms with van der Waals surface area (Å²) in [5.41, 5.74) is 2.23. The molecule has 28 heavy (non-hydrogen) atoms. The van der Waals surface area contributed by atoms with Gasteiger partial charge in [-0.25, -0.2) is 4.98 Å². The minimum atomic E-state index is -0.205. The van der Waals surface area contributed by atoms with E-state index in [1.807, 2.05) is 24.3 Å². The van der Waals surface area contributed by atoms with Gasteiger partial charge in [-0.2, -0.15) is 0 Å². The highest BCUT2D eigenvalue weighted by Crippen LogP contribution is 2.32. The molecule has 8 nitrogen and oxygen atoms in total. The molecule has 1 aliphatic rings. The Labute approximate surface area is 161 Å². The summed E-state index contributed by atoms with van der Waals surface area (Å²) in [5.74, 6) is 1.54. The maximum Gasteiger partial charge on any atom is 0.244 e. The van der Waals surface area contributed by atoms with Crippen molar-refractivity contribution in [3.8, 4) is 11.5 Å². The molecule has 0 fully saturated rings. The number of imidazole rings is 1. The lowest BCUT2D eigenvalue weighted by molar-refractivity contribution is -0.119. The summed E-state index contributed by atoms with van der Waals surface area (Å²) in [7, 11) is 0. The van der Waals surface area contributed by atoms with Crippen LogP contribution < -0.4 is 20.1 Å². The molecule has 0 atom stereocenters. The van der Waals surface area contributed by atoms with Crippen LogP contribution in [0.5, 0.6) is 11.5 Å². The molecule has 2 aromatic carbocycles. The van der Waals surface area contributed by atoms with Gasteiger partial charge in [-0.3, -0.25) is 9.59 Å². The van der Waals surface area contributed by atoms with Crippen LogP contribution in [-0.2, 0) is 22.7 Å². The molecule has 2 amide bonds. The summed E-state index contributed by atoms with van der Waals surface area (Å²) in [6.45, 7) is 2.77. The van der Waals surface area contributed by atoms with E-state index in [1.165, 1.54) is 6.92 Å². The number of hydrogen-bond donors (Lipinski definition) is 2. The van der Waals surface area contributed by atoms with Crippen LogP contribution in [0.4, 0.5) is 5.69 Å². The summed E-state index contributed by atoms with van der Waals surface area (Å²) in [4.78, 5) is 28.5. The Morgan fingerprint density at radius 2 is 1.89 bits per heavy atom. The monoisotopic (exact) mass is 380 g/mol. The maximum absolute atomic E-state index is 12.7. The molecule has 0 radical (unpaired) electrons. The molecular formula is C20H20N4O4. The highest BCUT2D eigenvalue weighted by atomic mass is 16.6. The molecule has 0 unspecified atom stereocenters. The SMILES string of the molecule is CC(=O)NCc1nc2ccccc2n1CC(=O)Nc1ccc2c(c1)OCCO2. The molecule has 0 bridgehead atoms. The third-order valence-corrected chi connectivity index (χ3v) is 4.36. The third-order valence-electron chi connectivity index (χ3n) is 4.36. The van der Waals surface area contributed by atoms with E-state index in [-0.39, 0.29) is 24.9 Å². The van der Waals surface area contributed by atoms with Gasteiger partial charge in [0.25, 0.3) is 0 Å². The van der Waals surface area contributed by atoms with Crippen molar-refractivity contribution >= 4 is 28.5 Å². The van der Waals surface area contributed by atoms with Gasteiger partial charge in [0.15, 0.2) is 11.5 Å². The first kappa shape index (κ1) is 17.8. The first-order chi connectivity index (χ1) is 13.6. The van der Waals surface area contributed by atoms with Crippen molar-refractivity contribution in [2.45, 2.75) is 20.0 Å². The van der Waals surface area contributed by atoms with Crippen molar-refractivity contribution < 1.29 is 19.1 Å².